The van der Waals surface area contributed by atoms with Gasteiger partial charge in [0.1, 0.15) is 11.6 Å². The summed E-state index contributed by atoms with van der Waals surface area (Å²) in [5, 5.41) is 0.867. The van der Waals surface area contributed by atoms with Gasteiger partial charge in [0, 0.05) is 63.8 Å². The molecule has 3 heterocycles. The molecule has 0 saturated carbocycles. The Bertz CT molecular complexity index is 1310. The van der Waals surface area contributed by atoms with Gasteiger partial charge in [-0.1, -0.05) is 6.07 Å². The smallest absolute Gasteiger partial charge is 0.254 e. The molecule has 0 spiro atoms. The van der Waals surface area contributed by atoms with Crippen LogP contribution in [0.1, 0.15) is 29.6 Å². The number of aromatic nitrogens is 2. The van der Waals surface area contributed by atoms with E-state index in [2.05, 4.69) is 9.80 Å². The normalized spacial score (nSPS) is 16.1. The molecular weight excluding hydrogens is 499 g/mol. The third-order valence-electron chi connectivity index (χ3n) is 7.36. The van der Waals surface area contributed by atoms with Gasteiger partial charge in [-0.3, -0.25) is 4.79 Å². The van der Waals surface area contributed by atoms with Crippen molar-refractivity contribution in [1.82, 2.24) is 19.8 Å². The Hall–Kier alpha value is -3.66. The van der Waals surface area contributed by atoms with Gasteiger partial charge in [0.2, 0.25) is 5.95 Å². The standard InChI is InChI=1S/C29H37FN6O3/c1-33(2)29-31-24-20-26(39-17-7-12-34-10-4-5-11-34)25(38-3)19-23(24)27(32-29)35-13-15-36(16-14-35)28(37)21-8-6-9-22(30)18-21/h6,8-9,18-20H,4-5,7,10-17H2,1-3H3. The molecule has 0 N–H and O–H groups in total. The molecule has 0 bridgehead atoms. The molecule has 9 nitrogen and oxygen atoms in total. The number of hydrogen-bond acceptors (Lipinski definition) is 8. The van der Waals surface area contributed by atoms with Crippen LogP contribution in [0.4, 0.5) is 16.2 Å². The molecule has 2 saturated heterocycles. The Kier molecular flexibility index (Phi) is 8.30. The maximum Gasteiger partial charge on any atom is 0.254 e. The third kappa shape index (κ3) is 6.16. The lowest BCUT2D eigenvalue weighted by atomic mass is 10.1. The van der Waals surface area contributed by atoms with Crippen LogP contribution >= 0.6 is 0 Å². The summed E-state index contributed by atoms with van der Waals surface area (Å²) in [6.45, 7) is 6.22. The number of likely N-dealkylation sites (tertiary alicyclic amines) is 1. The van der Waals surface area contributed by atoms with E-state index in [9.17, 15) is 9.18 Å². The molecule has 2 fully saturated rings. The minimum absolute atomic E-state index is 0.163. The van der Waals surface area contributed by atoms with Gasteiger partial charge < -0.3 is 29.1 Å². The van der Waals surface area contributed by atoms with E-state index in [1.165, 1.54) is 38.1 Å². The van der Waals surface area contributed by atoms with Gasteiger partial charge in [0.05, 0.1) is 19.2 Å². The Balaban J connectivity index is 1.34. The number of halogens is 1. The van der Waals surface area contributed by atoms with Crippen LogP contribution in [0.25, 0.3) is 10.9 Å². The predicted molar refractivity (Wildman–Crippen MR) is 151 cm³/mol. The average Bonchev–Trinajstić information content (AvgIpc) is 3.47. The second-order valence-corrected chi connectivity index (χ2v) is 10.3. The predicted octanol–water partition coefficient (Wildman–Crippen LogP) is 3.67. The highest BCUT2D eigenvalue weighted by Crippen LogP contribution is 2.36. The molecule has 1 amide bonds. The van der Waals surface area contributed by atoms with Crippen molar-refractivity contribution < 1.29 is 18.7 Å². The Morgan fingerprint density at radius 1 is 1.00 bits per heavy atom. The summed E-state index contributed by atoms with van der Waals surface area (Å²) in [5.41, 5.74) is 1.14. The van der Waals surface area contributed by atoms with Gasteiger partial charge >= 0.3 is 0 Å². The third-order valence-corrected chi connectivity index (χ3v) is 7.36. The minimum atomic E-state index is -0.410. The highest BCUT2D eigenvalue weighted by atomic mass is 19.1. The molecule has 0 unspecified atom stereocenters. The van der Waals surface area contributed by atoms with E-state index in [1.54, 1.807) is 24.1 Å². The monoisotopic (exact) mass is 536 g/mol. The van der Waals surface area contributed by atoms with Crippen LogP contribution in [-0.2, 0) is 0 Å². The van der Waals surface area contributed by atoms with Crippen molar-refractivity contribution >= 4 is 28.6 Å². The van der Waals surface area contributed by atoms with Crippen molar-refractivity contribution in [3.8, 4) is 11.5 Å². The van der Waals surface area contributed by atoms with Gasteiger partial charge in [-0.05, 0) is 56.6 Å². The first kappa shape index (κ1) is 26.9. The number of nitrogens with zero attached hydrogens (tertiary/aromatic N) is 6. The lowest BCUT2D eigenvalue weighted by Crippen LogP contribution is -2.49. The number of piperazine rings is 1. The fourth-order valence-electron chi connectivity index (χ4n) is 5.22. The van der Waals surface area contributed by atoms with Crippen LogP contribution in [0.15, 0.2) is 36.4 Å². The number of benzene rings is 2. The number of rotatable bonds is 9. The van der Waals surface area contributed by atoms with Gasteiger partial charge in [-0.25, -0.2) is 9.37 Å². The molecule has 2 aliphatic heterocycles. The zero-order chi connectivity index (χ0) is 27.4. The number of anilines is 2. The van der Waals surface area contributed by atoms with Crippen molar-refractivity contribution in [1.29, 1.82) is 0 Å². The second-order valence-electron chi connectivity index (χ2n) is 10.3. The first-order chi connectivity index (χ1) is 18.9. The molecule has 5 rings (SSSR count). The maximum absolute atomic E-state index is 13.7. The summed E-state index contributed by atoms with van der Waals surface area (Å²) < 4.78 is 25.5. The van der Waals surface area contributed by atoms with E-state index in [4.69, 9.17) is 19.4 Å². The van der Waals surface area contributed by atoms with E-state index >= 15 is 0 Å². The molecule has 0 aliphatic carbocycles. The molecule has 10 heteroatoms. The molecule has 0 radical (unpaired) electrons. The number of carbonyl (C=O) groups excluding carboxylic acids is 1. The van der Waals surface area contributed by atoms with Gasteiger partial charge in [0.25, 0.3) is 5.91 Å². The zero-order valence-corrected chi connectivity index (χ0v) is 23.0. The van der Waals surface area contributed by atoms with Crippen LogP contribution in [0, 0.1) is 5.82 Å². The molecule has 1 aromatic heterocycles. The molecule has 208 valence electrons. The summed E-state index contributed by atoms with van der Waals surface area (Å²) in [5.74, 6) is 2.13. The van der Waals surface area contributed by atoms with Crippen LogP contribution in [-0.4, -0.2) is 99.3 Å². The van der Waals surface area contributed by atoms with Crippen LogP contribution in [0.2, 0.25) is 0 Å². The SMILES string of the molecule is COc1cc2c(N3CCN(C(=O)c4cccc(F)c4)CC3)nc(N(C)C)nc2cc1OCCCN1CCCC1. The highest BCUT2D eigenvalue weighted by Gasteiger charge is 2.26. The van der Waals surface area contributed by atoms with Crippen molar-refractivity contribution in [2.24, 2.45) is 0 Å². The van der Waals surface area contributed by atoms with Crippen molar-refractivity contribution in [2.45, 2.75) is 19.3 Å². The van der Waals surface area contributed by atoms with Crippen LogP contribution in [0.3, 0.4) is 0 Å². The van der Waals surface area contributed by atoms with Crippen LogP contribution < -0.4 is 19.3 Å². The Morgan fingerprint density at radius 3 is 2.46 bits per heavy atom. The summed E-state index contributed by atoms with van der Waals surface area (Å²) in [7, 11) is 5.48. The van der Waals surface area contributed by atoms with E-state index in [0.29, 0.717) is 55.8 Å². The van der Waals surface area contributed by atoms with E-state index in [0.717, 1.165) is 29.7 Å². The number of ether oxygens (including phenoxy) is 2. The Labute approximate surface area is 229 Å². The Morgan fingerprint density at radius 2 is 1.77 bits per heavy atom. The van der Waals surface area contributed by atoms with E-state index in [-0.39, 0.29) is 5.91 Å². The lowest BCUT2D eigenvalue weighted by Gasteiger charge is -2.36. The maximum atomic E-state index is 13.7. The average molecular weight is 537 g/mol. The van der Waals surface area contributed by atoms with Crippen LogP contribution in [0.5, 0.6) is 11.5 Å². The molecule has 2 aromatic carbocycles. The van der Waals surface area contributed by atoms with E-state index < -0.39 is 5.82 Å². The van der Waals surface area contributed by atoms with Crippen molar-refractivity contribution in [3.05, 3.63) is 47.8 Å². The molecule has 3 aromatic rings. The summed E-state index contributed by atoms with van der Waals surface area (Å²) in [4.78, 5) is 30.9. The van der Waals surface area contributed by atoms with Gasteiger partial charge in [0.15, 0.2) is 11.5 Å². The molecule has 2 aliphatic rings. The first-order valence-corrected chi connectivity index (χ1v) is 13.6. The lowest BCUT2D eigenvalue weighted by molar-refractivity contribution is 0.0746. The molecular formula is C29H37FN6O3. The van der Waals surface area contributed by atoms with Crippen molar-refractivity contribution in [3.63, 3.8) is 0 Å². The quantitative estimate of drug-likeness (QED) is 0.384. The first-order valence-electron chi connectivity index (χ1n) is 13.6. The zero-order valence-electron chi connectivity index (χ0n) is 23.0. The summed E-state index contributed by atoms with van der Waals surface area (Å²) in [6, 6.07) is 9.73. The number of methoxy groups -OCH3 is 1. The molecule has 39 heavy (non-hydrogen) atoms. The fourth-order valence-corrected chi connectivity index (χ4v) is 5.22. The van der Waals surface area contributed by atoms with Crippen molar-refractivity contribution in [2.75, 3.05) is 83.4 Å². The largest absolute Gasteiger partial charge is 0.493 e. The number of hydrogen-bond donors (Lipinski definition) is 0. The number of amides is 1. The minimum Gasteiger partial charge on any atom is -0.493 e. The fraction of sp³-hybridized carbons (Fsp3) is 0.483. The van der Waals surface area contributed by atoms with Gasteiger partial charge in [-0.15, -0.1) is 0 Å². The topological polar surface area (TPSA) is 74.3 Å². The molecule has 0 atom stereocenters. The second kappa shape index (κ2) is 12.0. The van der Waals surface area contributed by atoms with E-state index in [1.807, 2.05) is 31.1 Å². The number of carbonyl (C=O) groups is 1. The summed E-state index contributed by atoms with van der Waals surface area (Å²) in [6.07, 6.45) is 3.53. The number of fused-ring (bicyclic) bond motifs is 1. The van der Waals surface area contributed by atoms with Gasteiger partial charge in [-0.2, -0.15) is 4.98 Å². The highest BCUT2D eigenvalue weighted by molar-refractivity contribution is 5.95. The summed E-state index contributed by atoms with van der Waals surface area (Å²) >= 11 is 0.